The molecule has 140 valence electrons. The van der Waals surface area contributed by atoms with Gasteiger partial charge in [-0.2, -0.15) is 4.98 Å². The number of aryl methyl sites for hydroxylation is 1. The number of rotatable bonds is 6. The predicted octanol–water partition coefficient (Wildman–Crippen LogP) is 3.36. The molecule has 0 bridgehead atoms. The molecular weight excluding hydrogens is 434 g/mol. The van der Waals surface area contributed by atoms with Crippen LogP contribution < -0.4 is 5.32 Å². The molecule has 0 radical (unpaired) electrons. The van der Waals surface area contributed by atoms with Crippen LogP contribution in [-0.4, -0.2) is 30.2 Å². The van der Waals surface area contributed by atoms with E-state index in [9.17, 15) is 13.2 Å². The number of aromatic nitrogens is 2. The zero-order chi connectivity index (χ0) is 19.4. The Morgan fingerprint density at radius 3 is 2.67 bits per heavy atom. The van der Waals surface area contributed by atoms with E-state index in [0.717, 1.165) is 4.47 Å². The molecule has 0 spiro atoms. The monoisotopic (exact) mass is 449 g/mol. The molecular formula is C18H16BrN3O4S. The van der Waals surface area contributed by atoms with Gasteiger partial charge in [0.25, 0.3) is 0 Å². The van der Waals surface area contributed by atoms with Crippen molar-refractivity contribution in [2.45, 2.75) is 12.7 Å². The van der Waals surface area contributed by atoms with Crippen molar-refractivity contribution in [3.8, 4) is 11.4 Å². The first kappa shape index (κ1) is 19.2. The number of nitrogens with zero attached hydrogens (tertiary/aromatic N) is 2. The van der Waals surface area contributed by atoms with Crippen molar-refractivity contribution in [1.82, 2.24) is 10.1 Å². The van der Waals surface area contributed by atoms with Crippen LogP contribution in [0.15, 0.2) is 57.5 Å². The first-order valence-electron chi connectivity index (χ1n) is 7.97. The molecule has 0 aliphatic carbocycles. The van der Waals surface area contributed by atoms with E-state index in [0.29, 0.717) is 28.5 Å². The normalized spacial score (nSPS) is 11.3. The molecule has 1 aromatic heterocycles. The number of nitrogens with one attached hydrogen (secondary N) is 1. The van der Waals surface area contributed by atoms with Crippen molar-refractivity contribution >= 4 is 37.4 Å². The van der Waals surface area contributed by atoms with E-state index in [1.807, 2.05) is 0 Å². The third-order valence-electron chi connectivity index (χ3n) is 3.60. The second-order valence-corrected chi connectivity index (χ2v) is 8.87. The van der Waals surface area contributed by atoms with Crippen molar-refractivity contribution in [3.63, 3.8) is 0 Å². The Morgan fingerprint density at radius 2 is 1.96 bits per heavy atom. The fourth-order valence-electron chi connectivity index (χ4n) is 2.51. The largest absolute Gasteiger partial charge is 0.339 e. The Hall–Kier alpha value is -2.52. The van der Waals surface area contributed by atoms with Gasteiger partial charge in [0.05, 0.1) is 11.4 Å². The van der Waals surface area contributed by atoms with Gasteiger partial charge in [-0.05, 0) is 29.8 Å². The van der Waals surface area contributed by atoms with Gasteiger partial charge in [-0.1, -0.05) is 45.4 Å². The van der Waals surface area contributed by atoms with E-state index in [4.69, 9.17) is 4.52 Å². The van der Waals surface area contributed by atoms with E-state index in [-0.39, 0.29) is 5.75 Å². The van der Waals surface area contributed by atoms with Crippen molar-refractivity contribution in [1.29, 1.82) is 0 Å². The lowest BCUT2D eigenvalue weighted by molar-refractivity contribution is -0.113. The van der Waals surface area contributed by atoms with Gasteiger partial charge in [0.2, 0.25) is 17.6 Å². The van der Waals surface area contributed by atoms with Crippen LogP contribution in [0.2, 0.25) is 0 Å². The van der Waals surface area contributed by atoms with Crippen molar-refractivity contribution in [3.05, 3.63) is 64.5 Å². The minimum absolute atomic E-state index is 0.217. The van der Waals surface area contributed by atoms with E-state index in [1.165, 1.54) is 0 Å². The Balaban J connectivity index is 1.73. The SMILES string of the molecule is Cc1nc(-c2ccccc2NC(=O)CS(=O)(=O)Cc2cccc(Br)c2)no1. The lowest BCUT2D eigenvalue weighted by Crippen LogP contribution is -2.24. The quantitative estimate of drug-likeness (QED) is 0.618. The second-order valence-electron chi connectivity index (χ2n) is 5.89. The zero-order valence-electron chi connectivity index (χ0n) is 14.3. The summed E-state index contributed by atoms with van der Waals surface area (Å²) in [5.41, 5.74) is 1.58. The molecule has 0 unspecified atom stereocenters. The molecule has 9 heteroatoms. The number of para-hydroxylation sites is 1. The van der Waals surface area contributed by atoms with Crippen LogP contribution in [0, 0.1) is 6.92 Å². The Morgan fingerprint density at radius 1 is 1.19 bits per heavy atom. The van der Waals surface area contributed by atoms with Gasteiger partial charge in [0.15, 0.2) is 9.84 Å². The highest BCUT2D eigenvalue weighted by Crippen LogP contribution is 2.25. The standard InChI is InChI=1S/C18H16BrN3O4S/c1-12-20-18(22-26-12)15-7-2-3-8-16(15)21-17(23)11-27(24,25)10-13-5-4-6-14(19)9-13/h2-9H,10-11H2,1H3,(H,21,23). The summed E-state index contributed by atoms with van der Waals surface area (Å²) in [6.07, 6.45) is 0. The molecule has 0 aliphatic rings. The fraction of sp³-hybridized carbons (Fsp3) is 0.167. The number of amides is 1. The number of benzene rings is 2. The Bertz CT molecular complexity index is 1080. The van der Waals surface area contributed by atoms with Crippen LogP contribution in [0.4, 0.5) is 5.69 Å². The number of hydrogen-bond acceptors (Lipinski definition) is 6. The van der Waals surface area contributed by atoms with Crippen molar-refractivity contribution in [2.24, 2.45) is 0 Å². The minimum atomic E-state index is -3.63. The molecule has 0 saturated carbocycles. The highest BCUT2D eigenvalue weighted by Gasteiger charge is 2.19. The zero-order valence-corrected chi connectivity index (χ0v) is 16.7. The molecule has 27 heavy (non-hydrogen) atoms. The third kappa shape index (κ3) is 5.24. The molecule has 7 nitrogen and oxygen atoms in total. The first-order valence-corrected chi connectivity index (χ1v) is 10.6. The highest BCUT2D eigenvalue weighted by molar-refractivity contribution is 9.10. The summed E-state index contributed by atoms with van der Waals surface area (Å²) >= 11 is 3.30. The van der Waals surface area contributed by atoms with Gasteiger partial charge in [-0.15, -0.1) is 0 Å². The van der Waals surface area contributed by atoms with E-state index >= 15 is 0 Å². The average Bonchev–Trinajstić information content (AvgIpc) is 3.00. The maximum atomic E-state index is 12.4. The first-order chi connectivity index (χ1) is 12.8. The summed E-state index contributed by atoms with van der Waals surface area (Å²) in [5.74, 6) is -0.759. The molecule has 1 heterocycles. The van der Waals surface area contributed by atoms with Crippen LogP contribution in [0.1, 0.15) is 11.5 Å². The van der Waals surface area contributed by atoms with Crippen LogP contribution in [0.3, 0.4) is 0 Å². The number of carbonyl (C=O) groups is 1. The number of sulfone groups is 1. The molecule has 0 atom stereocenters. The predicted molar refractivity (Wildman–Crippen MR) is 105 cm³/mol. The van der Waals surface area contributed by atoms with Crippen LogP contribution >= 0.6 is 15.9 Å². The molecule has 1 N–H and O–H groups in total. The van der Waals surface area contributed by atoms with Gasteiger partial charge in [-0.3, -0.25) is 4.79 Å². The summed E-state index contributed by atoms with van der Waals surface area (Å²) in [5, 5.41) is 6.46. The smallest absolute Gasteiger partial charge is 0.239 e. The Labute approximate surface area is 164 Å². The van der Waals surface area contributed by atoms with Gasteiger partial charge in [-0.25, -0.2) is 8.42 Å². The summed E-state index contributed by atoms with van der Waals surface area (Å²) < 4.78 is 30.5. The van der Waals surface area contributed by atoms with Crippen molar-refractivity contribution in [2.75, 3.05) is 11.1 Å². The van der Waals surface area contributed by atoms with Gasteiger partial charge in [0.1, 0.15) is 5.75 Å². The van der Waals surface area contributed by atoms with Crippen LogP contribution in [0.25, 0.3) is 11.4 Å². The molecule has 0 saturated heterocycles. The van der Waals surface area contributed by atoms with Gasteiger partial charge in [0, 0.05) is 17.0 Å². The lowest BCUT2D eigenvalue weighted by atomic mass is 10.1. The molecule has 0 fully saturated rings. The topological polar surface area (TPSA) is 102 Å². The summed E-state index contributed by atoms with van der Waals surface area (Å²) in [4.78, 5) is 16.4. The Kier molecular flexibility index (Phi) is 5.71. The molecule has 3 rings (SSSR count). The third-order valence-corrected chi connectivity index (χ3v) is 5.56. The number of halogens is 1. The van der Waals surface area contributed by atoms with Gasteiger partial charge < -0.3 is 9.84 Å². The number of anilines is 1. The number of carbonyl (C=O) groups excluding carboxylic acids is 1. The lowest BCUT2D eigenvalue weighted by Gasteiger charge is -2.09. The van der Waals surface area contributed by atoms with Crippen LogP contribution in [0.5, 0.6) is 0 Å². The maximum absolute atomic E-state index is 12.4. The molecule has 3 aromatic rings. The minimum Gasteiger partial charge on any atom is -0.339 e. The van der Waals surface area contributed by atoms with Crippen LogP contribution in [-0.2, 0) is 20.4 Å². The molecule has 0 aliphatic heterocycles. The van der Waals surface area contributed by atoms with E-state index < -0.39 is 21.5 Å². The summed E-state index contributed by atoms with van der Waals surface area (Å²) in [6.45, 7) is 1.66. The highest BCUT2D eigenvalue weighted by atomic mass is 79.9. The van der Waals surface area contributed by atoms with E-state index in [2.05, 4.69) is 31.4 Å². The molecule has 1 amide bonds. The maximum Gasteiger partial charge on any atom is 0.239 e. The number of hydrogen-bond donors (Lipinski definition) is 1. The van der Waals surface area contributed by atoms with E-state index in [1.54, 1.807) is 55.5 Å². The summed E-state index contributed by atoms with van der Waals surface area (Å²) in [7, 11) is -3.63. The van der Waals surface area contributed by atoms with Crippen molar-refractivity contribution < 1.29 is 17.7 Å². The second kappa shape index (κ2) is 8.01. The molecule has 2 aromatic carbocycles. The van der Waals surface area contributed by atoms with Gasteiger partial charge >= 0.3 is 0 Å². The summed E-state index contributed by atoms with van der Waals surface area (Å²) in [6, 6.07) is 13.8. The average molecular weight is 450 g/mol. The fourth-order valence-corrected chi connectivity index (χ4v) is 4.22.